The van der Waals surface area contributed by atoms with Crippen molar-refractivity contribution in [3.8, 4) is 0 Å². The van der Waals surface area contributed by atoms with Gasteiger partial charge in [0.1, 0.15) is 5.03 Å². The summed E-state index contributed by atoms with van der Waals surface area (Å²) in [5.74, 6) is -0.927. The third-order valence-electron chi connectivity index (χ3n) is 1.86. The van der Waals surface area contributed by atoms with Gasteiger partial charge in [-0.15, -0.1) is 0 Å². The molecule has 15 heavy (non-hydrogen) atoms. The molecule has 0 atom stereocenters. The molecule has 0 bridgehead atoms. The van der Waals surface area contributed by atoms with Crippen molar-refractivity contribution in [1.29, 1.82) is 0 Å². The number of carbonyl (C=O) groups is 1. The zero-order valence-corrected chi connectivity index (χ0v) is 10.0. The number of carboxylic acids is 1. The van der Waals surface area contributed by atoms with Crippen molar-refractivity contribution >= 4 is 23.6 Å². The van der Waals surface area contributed by atoms with Gasteiger partial charge in [0.25, 0.3) is 0 Å². The predicted molar refractivity (Wildman–Crippen MR) is 61.4 cm³/mol. The van der Waals surface area contributed by atoms with Crippen LogP contribution in [0.2, 0.25) is 0 Å². The van der Waals surface area contributed by atoms with Crippen LogP contribution in [-0.4, -0.2) is 22.3 Å². The molecule has 0 amide bonds. The van der Waals surface area contributed by atoms with Gasteiger partial charge in [-0.05, 0) is 39.6 Å². The summed E-state index contributed by atoms with van der Waals surface area (Å²) in [5, 5.41) is 13.6. The Balaban J connectivity index is 2.98. The molecule has 0 spiro atoms. The second kappa shape index (κ2) is 4.24. The molecule has 84 valence electrons. The standard InChI is InChI=1S/C9H15N3O2S/c1-5(2)10-11-7-6(8(13)14)9(3,4)12-15-7/h11-12H,1-4H3,(H,13,14). The van der Waals surface area contributed by atoms with Crippen molar-refractivity contribution in [2.75, 3.05) is 0 Å². The fourth-order valence-corrected chi connectivity index (χ4v) is 2.17. The second-order valence-corrected chi connectivity index (χ2v) is 4.83. The lowest BCUT2D eigenvalue weighted by Crippen LogP contribution is -2.35. The van der Waals surface area contributed by atoms with Gasteiger partial charge in [-0.25, -0.2) is 9.52 Å². The summed E-state index contributed by atoms with van der Waals surface area (Å²) in [4.78, 5) is 11.1. The SMILES string of the molecule is CC(C)=NNC1=C(C(=O)O)C(C)(C)NS1. The van der Waals surface area contributed by atoms with Crippen molar-refractivity contribution in [2.24, 2.45) is 5.10 Å². The number of hydrazone groups is 1. The van der Waals surface area contributed by atoms with Gasteiger partial charge in [0.15, 0.2) is 0 Å². The molecule has 1 rings (SSSR count). The van der Waals surface area contributed by atoms with E-state index < -0.39 is 11.5 Å². The number of carboxylic acid groups (broad SMARTS) is 1. The summed E-state index contributed by atoms with van der Waals surface area (Å²) in [6.45, 7) is 7.32. The van der Waals surface area contributed by atoms with Crippen LogP contribution < -0.4 is 10.1 Å². The highest BCUT2D eigenvalue weighted by atomic mass is 32.2. The maximum Gasteiger partial charge on any atom is 0.336 e. The highest BCUT2D eigenvalue weighted by Crippen LogP contribution is 2.33. The maximum atomic E-state index is 11.1. The van der Waals surface area contributed by atoms with Gasteiger partial charge in [-0.3, -0.25) is 5.43 Å². The van der Waals surface area contributed by atoms with E-state index in [2.05, 4.69) is 15.2 Å². The quantitative estimate of drug-likeness (QED) is 0.386. The number of hydrogen-bond donors (Lipinski definition) is 3. The lowest BCUT2D eigenvalue weighted by atomic mass is 9.96. The van der Waals surface area contributed by atoms with Crippen LogP contribution in [0.1, 0.15) is 27.7 Å². The minimum Gasteiger partial charge on any atom is -0.478 e. The monoisotopic (exact) mass is 229 g/mol. The lowest BCUT2D eigenvalue weighted by molar-refractivity contribution is -0.133. The molecule has 0 aromatic heterocycles. The lowest BCUT2D eigenvalue weighted by Gasteiger charge is -2.18. The molecule has 0 radical (unpaired) electrons. The van der Waals surface area contributed by atoms with E-state index in [4.69, 9.17) is 5.11 Å². The smallest absolute Gasteiger partial charge is 0.336 e. The molecular weight excluding hydrogens is 214 g/mol. The van der Waals surface area contributed by atoms with E-state index in [0.717, 1.165) is 5.71 Å². The molecule has 6 heteroatoms. The van der Waals surface area contributed by atoms with Crippen LogP contribution in [0.15, 0.2) is 15.7 Å². The molecule has 1 aliphatic heterocycles. The number of hydrogen-bond acceptors (Lipinski definition) is 5. The van der Waals surface area contributed by atoms with Gasteiger partial charge < -0.3 is 5.11 Å². The van der Waals surface area contributed by atoms with Crippen LogP contribution >= 0.6 is 11.9 Å². The van der Waals surface area contributed by atoms with Crippen LogP contribution in [0.25, 0.3) is 0 Å². The van der Waals surface area contributed by atoms with E-state index in [1.54, 1.807) is 0 Å². The van der Waals surface area contributed by atoms with E-state index in [9.17, 15) is 4.79 Å². The van der Waals surface area contributed by atoms with Gasteiger partial charge in [0.2, 0.25) is 0 Å². The van der Waals surface area contributed by atoms with Crippen molar-refractivity contribution in [3.05, 3.63) is 10.6 Å². The summed E-state index contributed by atoms with van der Waals surface area (Å²) >= 11 is 1.26. The van der Waals surface area contributed by atoms with Crippen LogP contribution in [0.4, 0.5) is 0 Å². The largest absolute Gasteiger partial charge is 0.478 e. The summed E-state index contributed by atoms with van der Waals surface area (Å²) in [6, 6.07) is 0. The number of aliphatic carboxylic acids is 1. The Hall–Kier alpha value is -1.01. The Bertz CT molecular complexity index is 343. The van der Waals surface area contributed by atoms with Crippen LogP contribution in [0.5, 0.6) is 0 Å². The first-order valence-electron chi connectivity index (χ1n) is 4.53. The minimum atomic E-state index is -0.927. The number of nitrogens with zero attached hydrogens (tertiary/aromatic N) is 1. The third kappa shape index (κ3) is 2.73. The van der Waals surface area contributed by atoms with Crippen molar-refractivity contribution in [3.63, 3.8) is 0 Å². The average molecular weight is 229 g/mol. The molecule has 1 aliphatic rings. The van der Waals surface area contributed by atoms with Gasteiger partial charge in [-0.1, -0.05) is 0 Å². The summed E-state index contributed by atoms with van der Waals surface area (Å²) in [6.07, 6.45) is 0. The minimum absolute atomic E-state index is 0.317. The molecule has 0 aliphatic carbocycles. The van der Waals surface area contributed by atoms with E-state index in [-0.39, 0.29) is 0 Å². The zero-order valence-electron chi connectivity index (χ0n) is 9.21. The van der Waals surface area contributed by atoms with Crippen molar-refractivity contribution in [1.82, 2.24) is 10.1 Å². The number of rotatable bonds is 3. The summed E-state index contributed by atoms with van der Waals surface area (Å²) in [5.41, 5.74) is 3.37. The van der Waals surface area contributed by atoms with Gasteiger partial charge >= 0.3 is 5.97 Å². The molecule has 0 fully saturated rings. The van der Waals surface area contributed by atoms with Gasteiger partial charge in [0.05, 0.1) is 11.1 Å². The molecule has 5 nitrogen and oxygen atoms in total. The highest BCUT2D eigenvalue weighted by Gasteiger charge is 2.37. The Morgan fingerprint density at radius 2 is 2.13 bits per heavy atom. The van der Waals surface area contributed by atoms with Crippen molar-refractivity contribution < 1.29 is 9.90 Å². The normalized spacial score (nSPS) is 18.9. The number of nitrogens with one attached hydrogen (secondary N) is 2. The zero-order chi connectivity index (χ0) is 11.6. The second-order valence-electron chi connectivity index (χ2n) is 4.01. The van der Waals surface area contributed by atoms with Crippen LogP contribution in [0, 0.1) is 0 Å². The van der Waals surface area contributed by atoms with E-state index >= 15 is 0 Å². The van der Waals surface area contributed by atoms with Gasteiger partial charge in [-0.2, -0.15) is 5.10 Å². The summed E-state index contributed by atoms with van der Waals surface area (Å²) in [7, 11) is 0. The summed E-state index contributed by atoms with van der Waals surface area (Å²) < 4.78 is 3.03. The average Bonchev–Trinajstić information content (AvgIpc) is 2.37. The predicted octanol–water partition coefficient (Wildman–Crippen LogP) is 1.30. The molecule has 1 heterocycles. The molecular formula is C9H15N3O2S. The Morgan fingerprint density at radius 1 is 1.53 bits per heavy atom. The Kier molecular flexibility index (Phi) is 3.41. The fourth-order valence-electron chi connectivity index (χ4n) is 1.17. The van der Waals surface area contributed by atoms with Crippen LogP contribution in [0.3, 0.4) is 0 Å². The Labute approximate surface area is 93.1 Å². The fraction of sp³-hybridized carbons (Fsp3) is 0.556. The molecule has 0 saturated heterocycles. The van der Waals surface area contributed by atoms with Crippen molar-refractivity contribution in [2.45, 2.75) is 33.2 Å². The first-order valence-corrected chi connectivity index (χ1v) is 5.35. The third-order valence-corrected chi connectivity index (χ3v) is 2.97. The van der Waals surface area contributed by atoms with E-state index in [1.165, 1.54) is 11.9 Å². The highest BCUT2D eigenvalue weighted by molar-refractivity contribution is 8.01. The maximum absolute atomic E-state index is 11.1. The Morgan fingerprint density at radius 3 is 2.60 bits per heavy atom. The topological polar surface area (TPSA) is 73.7 Å². The molecule has 0 aromatic rings. The van der Waals surface area contributed by atoms with E-state index in [0.29, 0.717) is 10.6 Å². The van der Waals surface area contributed by atoms with Gasteiger partial charge in [0, 0.05) is 5.71 Å². The molecule has 3 N–H and O–H groups in total. The van der Waals surface area contributed by atoms with Crippen LogP contribution in [-0.2, 0) is 4.79 Å². The molecule has 0 saturated carbocycles. The first-order chi connectivity index (χ1) is 6.84. The first kappa shape index (κ1) is 12.1. The van der Waals surface area contributed by atoms with E-state index in [1.807, 2.05) is 27.7 Å². The molecule has 0 unspecified atom stereocenters. The molecule has 0 aromatic carbocycles.